The Morgan fingerprint density at radius 3 is 2.97 bits per heavy atom. The summed E-state index contributed by atoms with van der Waals surface area (Å²) in [6.45, 7) is 2.23. The third kappa shape index (κ3) is 6.00. The number of aliphatic hydroxyl groups excluding tert-OH is 1. The first-order chi connectivity index (χ1) is 18.1. The van der Waals surface area contributed by atoms with Crippen molar-refractivity contribution in [2.45, 2.75) is 37.8 Å². The van der Waals surface area contributed by atoms with Gasteiger partial charge < -0.3 is 19.6 Å². The number of para-hydroxylation sites is 1. The van der Waals surface area contributed by atoms with Gasteiger partial charge in [0.15, 0.2) is 5.65 Å². The maximum absolute atomic E-state index is 12.6. The van der Waals surface area contributed by atoms with Crippen LogP contribution in [0.1, 0.15) is 30.0 Å². The van der Waals surface area contributed by atoms with Crippen LogP contribution in [0.25, 0.3) is 11.2 Å². The zero-order valence-corrected chi connectivity index (χ0v) is 21.0. The van der Waals surface area contributed by atoms with Crippen molar-refractivity contribution < 1.29 is 14.6 Å². The van der Waals surface area contributed by atoms with Gasteiger partial charge in [-0.3, -0.25) is 9.47 Å². The van der Waals surface area contributed by atoms with Crippen LogP contribution in [0.2, 0.25) is 0 Å². The molecule has 0 radical (unpaired) electrons. The van der Waals surface area contributed by atoms with Gasteiger partial charge in [-0.15, -0.1) is 0 Å². The maximum atomic E-state index is 12.6. The lowest BCUT2D eigenvalue weighted by Gasteiger charge is -2.34. The number of ether oxygens (including phenoxy) is 2. The quantitative estimate of drug-likeness (QED) is 0.343. The van der Waals surface area contributed by atoms with Crippen LogP contribution in [-0.4, -0.2) is 69.0 Å². The Bertz CT molecular complexity index is 1380. The Balaban J connectivity index is 1.16. The van der Waals surface area contributed by atoms with E-state index in [0.717, 1.165) is 49.3 Å². The second kappa shape index (κ2) is 11.6. The van der Waals surface area contributed by atoms with Gasteiger partial charge in [0.1, 0.15) is 36.1 Å². The van der Waals surface area contributed by atoms with E-state index in [1.165, 1.54) is 11.9 Å². The van der Waals surface area contributed by atoms with Crippen molar-refractivity contribution in [1.82, 2.24) is 24.4 Å². The lowest BCUT2D eigenvalue weighted by molar-refractivity contribution is 0.0529. The van der Waals surface area contributed by atoms with Crippen LogP contribution in [0, 0.1) is 0 Å². The molecule has 2 aromatic heterocycles. The van der Waals surface area contributed by atoms with Crippen molar-refractivity contribution in [2.75, 3.05) is 33.4 Å². The highest BCUT2D eigenvalue weighted by atomic mass is 16.5. The van der Waals surface area contributed by atoms with E-state index in [1.54, 1.807) is 17.9 Å². The number of likely N-dealkylation sites (tertiary alicyclic amines) is 1. The molecule has 0 bridgehead atoms. The summed E-state index contributed by atoms with van der Waals surface area (Å²) in [7, 11) is 1.68. The summed E-state index contributed by atoms with van der Waals surface area (Å²) in [5.74, 6) is 1.65. The molecule has 9 heteroatoms. The van der Waals surface area contributed by atoms with Gasteiger partial charge in [0.25, 0.3) is 0 Å². The average molecular weight is 504 g/mol. The van der Waals surface area contributed by atoms with Crippen LogP contribution in [0.15, 0.2) is 65.8 Å². The number of hydrogen-bond donors (Lipinski definition) is 2. The third-order valence-corrected chi connectivity index (χ3v) is 6.92. The fraction of sp³-hybridized carbons (Fsp3) is 0.393. The number of fused-ring (bicyclic) bond motifs is 1. The number of methoxy groups -OCH3 is 1. The molecule has 1 saturated heterocycles. The van der Waals surface area contributed by atoms with Crippen LogP contribution in [0.5, 0.6) is 11.5 Å². The van der Waals surface area contributed by atoms with E-state index in [9.17, 15) is 9.90 Å². The molecule has 1 aliphatic rings. The number of benzene rings is 2. The maximum Gasteiger partial charge on any atom is 0.328 e. The van der Waals surface area contributed by atoms with E-state index < -0.39 is 6.10 Å². The van der Waals surface area contributed by atoms with Crippen LogP contribution in [0.4, 0.5) is 0 Å². The second-order valence-corrected chi connectivity index (χ2v) is 9.54. The second-order valence-electron chi connectivity index (χ2n) is 9.54. The Labute approximate surface area is 215 Å². The topological polar surface area (TPSA) is 106 Å². The smallest absolute Gasteiger partial charge is 0.328 e. The molecular formula is C28H33N5O4. The normalized spacial score (nSPS) is 17.1. The molecule has 3 heterocycles. The van der Waals surface area contributed by atoms with Crippen molar-refractivity contribution in [3.05, 3.63) is 82.7 Å². The van der Waals surface area contributed by atoms with E-state index in [-0.39, 0.29) is 18.3 Å². The number of aliphatic hydroxyl groups is 1. The van der Waals surface area contributed by atoms with Gasteiger partial charge >= 0.3 is 5.69 Å². The summed E-state index contributed by atoms with van der Waals surface area (Å²) in [6, 6.07) is 16.1. The number of imidazole rings is 1. The largest absolute Gasteiger partial charge is 0.497 e. The van der Waals surface area contributed by atoms with Gasteiger partial charge in [0, 0.05) is 13.1 Å². The summed E-state index contributed by atoms with van der Waals surface area (Å²) in [4.78, 5) is 25.9. The molecule has 2 atom stereocenters. The lowest BCUT2D eigenvalue weighted by Crippen LogP contribution is -2.43. The van der Waals surface area contributed by atoms with E-state index in [2.05, 4.69) is 38.1 Å². The molecule has 0 spiro atoms. The summed E-state index contributed by atoms with van der Waals surface area (Å²) >= 11 is 0. The molecule has 2 aromatic carbocycles. The highest BCUT2D eigenvalue weighted by Crippen LogP contribution is 2.24. The van der Waals surface area contributed by atoms with Gasteiger partial charge in [-0.1, -0.05) is 30.3 Å². The first-order valence-corrected chi connectivity index (χ1v) is 12.7. The molecule has 2 unspecified atom stereocenters. The summed E-state index contributed by atoms with van der Waals surface area (Å²) < 4.78 is 13.1. The number of piperidine rings is 1. The molecule has 0 amide bonds. The molecular weight excluding hydrogens is 470 g/mol. The minimum Gasteiger partial charge on any atom is -0.497 e. The van der Waals surface area contributed by atoms with E-state index in [4.69, 9.17) is 9.47 Å². The first-order valence-electron chi connectivity index (χ1n) is 12.7. The number of β-amino-alcohol motifs (C(OH)–C–C–N with tert-alkyl or cyclic N) is 1. The molecule has 1 aliphatic heterocycles. The Hall–Kier alpha value is -3.69. The SMILES string of the molecule is COc1cccc(CCc2ccccc2OCC(O)CN2CCCC(n3c(=O)[nH]c4cncnc43)C2)c1. The molecule has 37 heavy (non-hydrogen) atoms. The fourth-order valence-corrected chi connectivity index (χ4v) is 5.12. The zero-order chi connectivity index (χ0) is 25.6. The lowest BCUT2D eigenvalue weighted by atomic mass is 10.0. The number of nitrogens with zero attached hydrogens (tertiary/aromatic N) is 4. The number of aromatic nitrogens is 4. The number of nitrogens with one attached hydrogen (secondary N) is 1. The number of hydrogen-bond acceptors (Lipinski definition) is 7. The zero-order valence-electron chi connectivity index (χ0n) is 21.0. The molecule has 1 fully saturated rings. The highest BCUT2D eigenvalue weighted by Gasteiger charge is 2.26. The van der Waals surface area contributed by atoms with Gasteiger partial charge in [0.2, 0.25) is 0 Å². The van der Waals surface area contributed by atoms with Gasteiger partial charge in [0.05, 0.1) is 19.3 Å². The number of aryl methyl sites for hydroxylation is 2. The summed E-state index contributed by atoms with van der Waals surface area (Å²) in [6.07, 6.45) is 5.96. The minimum absolute atomic E-state index is 0.00430. The van der Waals surface area contributed by atoms with Gasteiger partial charge in [-0.2, -0.15) is 0 Å². The molecule has 2 N–H and O–H groups in total. The summed E-state index contributed by atoms with van der Waals surface area (Å²) in [5, 5.41) is 10.8. The Morgan fingerprint density at radius 2 is 2.08 bits per heavy atom. The number of H-pyrrole nitrogens is 1. The first kappa shape index (κ1) is 25.0. The van der Waals surface area contributed by atoms with Crippen molar-refractivity contribution >= 4 is 11.2 Å². The molecule has 9 nitrogen and oxygen atoms in total. The van der Waals surface area contributed by atoms with Crippen LogP contribution >= 0.6 is 0 Å². The van der Waals surface area contributed by atoms with Gasteiger partial charge in [-0.05, 0) is 61.6 Å². The molecule has 0 aliphatic carbocycles. The summed E-state index contributed by atoms with van der Waals surface area (Å²) in [5.41, 5.74) is 3.41. The van der Waals surface area contributed by atoms with E-state index >= 15 is 0 Å². The highest BCUT2D eigenvalue weighted by molar-refractivity contribution is 5.69. The number of rotatable bonds is 10. The minimum atomic E-state index is -0.646. The third-order valence-electron chi connectivity index (χ3n) is 6.92. The van der Waals surface area contributed by atoms with Crippen LogP contribution < -0.4 is 15.2 Å². The van der Waals surface area contributed by atoms with Crippen molar-refractivity contribution in [1.29, 1.82) is 0 Å². The van der Waals surface area contributed by atoms with Crippen LogP contribution in [0.3, 0.4) is 0 Å². The average Bonchev–Trinajstić information content (AvgIpc) is 3.27. The fourth-order valence-electron chi connectivity index (χ4n) is 5.12. The van der Waals surface area contributed by atoms with Crippen molar-refractivity contribution in [2.24, 2.45) is 0 Å². The molecule has 5 rings (SSSR count). The number of aromatic amines is 1. The standard InChI is InChI=1S/C28H33N5O4/c1-36-24-9-4-6-20(14-24)11-12-21-7-2-3-10-26(21)37-18-23(34)17-32-13-5-8-22(16-32)33-27-25(31-28(33)35)15-29-19-30-27/h2-4,6-7,9-10,14-15,19,22-23,34H,5,8,11-13,16-18H2,1H3,(H,31,35). The molecule has 4 aromatic rings. The Morgan fingerprint density at radius 1 is 1.19 bits per heavy atom. The van der Waals surface area contributed by atoms with Crippen LogP contribution in [-0.2, 0) is 12.8 Å². The predicted molar refractivity (Wildman–Crippen MR) is 141 cm³/mol. The monoisotopic (exact) mass is 503 g/mol. The van der Waals surface area contributed by atoms with E-state index in [1.807, 2.05) is 30.3 Å². The van der Waals surface area contributed by atoms with E-state index in [0.29, 0.717) is 24.3 Å². The Kier molecular flexibility index (Phi) is 7.82. The predicted octanol–water partition coefficient (Wildman–Crippen LogP) is 2.99. The van der Waals surface area contributed by atoms with Crippen molar-refractivity contribution in [3.63, 3.8) is 0 Å². The molecule has 0 saturated carbocycles. The van der Waals surface area contributed by atoms with Crippen molar-refractivity contribution in [3.8, 4) is 11.5 Å². The molecule has 194 valence electrons. The van der Waals surface area contributed by atoms with Gasteiger partial charge in [-0.25, -0.2) is 14.8 Å².